The van der Waals surface area contributed by atoms with E-state index < -0.39 is 10.8 Å². The molecular weight excluding hydrogens is 577 g/mol. The lowest BCUT2D eigenvalue weighted by atomic mass is 9.60. The second kappa shape index (κ2) is 10.3. The highest BCUT2D eigenvalue weighted by molar-refractivity contribution is 6.14. The third-order valence-electron chi connectivity index (χ3n) is 11.0. The van der Waals surface area contributed by atoms with E-state index in [-0.39, 0.29) is 0 Å². The Kier molecular flexibility index (Phi) is 5.81. The second-order valence-electron chi connectivity index (χ2n) is 13.1. The van der Waals surface area contributed by atoms with Crippen molar-refractivity contribution in [3.8, 4) is 22.3 Å². The molecule has 48 heavy (non-hydrogen) atoms. The van der Waals surface area contributed by atoms with Crippen LogP contribution in [-0.4, -0.2) is 0 Å². The zero-order chi connectivity index (χ0) is 31.7. The zero-order valence-electron chi connectivity index (χ0n) is 26.5. The highest BCUT2D eigenvalue weighted by Gasteiger charge is 2.56. The molecule has 0 fully saturated rings. The number of hydrogen-bond donors (Lipinski definition) is 0. The van der Waals surface area contributed by atoms with Crippen molar-refractivity contribution in [3.63, 3.8) is 0 Å². The molecule has 0 aliphatic heterocycles. The topological polar surface area (TPSA) is 0 Å². The van der Waals surface area contributed by atoms with Crippen molar-refractivity contribution < 1.29 is 0 Å². The first-order chi connectivity index (χ1) is 23.9. The van der Waals surface area contributed by atoms with Crippen LogP contribution in [0.3, 0.4) is 0 Å². The van der Waals surface area contributed by atoms with Crippen molar-refractivity contribution in [1.29, 1.82) is 0 Å². The summed E-state index contributed by atoms with van der Waals surface area (Å²) in [4.78, 5) is 0. The Morgan fingerprint density at radius 3 is 0.854 bits per heavy atom. The molecule has 0 amide bonds. The third-order valence-corrected chi connectivity index (χ3v) is 11.0. The Bertz CT molecular complexity index is 2220. The molecule has 2 aliphatic carbocycles. The van der Waals surface area contributed by atoms with Crippen LogP contribution < -0.4 is 0 Å². The molecule has 2 aliphatic rings. The summed E-state index contributed by atoms with van der Waals surface area (Å²) in [6.45, 7) is 0. The number of rotatable bonds is 4. The molecule has 0 nitrogen and oxygen atoms in total. The quantitative estimate of drug-likeness (QED) is 0.186. The van der Waals surface area contributed by atoms with Crippen molar-refractivity contribution in [2.24, 2.45) is 0 Å². The van der Waals surface area contributed by atoms with Gasteiger partial charge in [0, 0.05) is 0 Å². The summed E-state index contributed by atoms with van der Waals surface area (Å²) in [5.74, 6) is 0. The lowest BCUT2D eigenvalue weighted by Crippen LogP contribution is -2.35. The molecule has 10 rings (SSSR count). The van der Waals surface area contributed by atoms with Gasteiger partial charge in [-0.2, -0.15) is 0 Å². The van der Waals surface area contributed by atoms with Gasteiger partial charge in [-0.25, -0.2) is 0 Å². The van der Waals surface area contributed by atoms with E-state index in [0.717, 1.165) is 0 Å². The van der Waals surface area contributed by atoms with Crippen molar-refractivity contribution in [1.82, 2.24) is 0 Å². The highest BCUT2D eigenvalue weighted by Crippen LogP contribution is 2.67. The summed E-state index contributed by atoms with van der Waals surface area (Å²) in [6.07, 6.45) is 0. The van der Waals surface area contributed by atoms with Gasteiger partial charge in [-0.05, 0) is 77.5 Å². The Balaban J connectivity index is 1.55. The molecule has 8 aromatic carbocycles. The molecule has 0 bridgehead atoms. The maximum atomic E-state index is 2.38. The molecule has 0 atom stereocenters. The van der Waals surface area contributed by atoms with Crippen LogP contribution in [0.4, 0.5) is 0 Å². The smallest absolute Gasteiger partial charge is 0.0622 e. The van der Waals surface area contributed by atoms with Gasteiger partial charge in [0.15, 0.2) is 0 Å². The van der Waals surface area contributed by atoms with E-state index in [2.05, 4.69) is 194 Å². The molecule has 0 spiro atoms. The molecule has 0 saturated heterocycles. The Hall–Kier alpha value is -5.98. The summed E-state index contributed by atoms with van der Waals surface area (Å²) in [5, 5.41) is 2.61. The largest absolute Gasteiger partial charge is 0.0717 e. The van der Waals surface area contributed by atoms with Gasteiger partial charge >= 0.3 is 0 Å². The Morgan fingerprint density at radius 2 is 0.521 bits per heavy atom. The number of hydrogen-bond acceptors (Lipinski definition) is 0. The summed E-state index contributed by atoms with van der Waals surface area (Å²) in [7, 11) is 0. The highest BCUT2D eigenvalue weighted by atomic mass is 14.6. The van der Waals surface area contributed by atoms with E-state index in [9.17, 15) is 0 Å². The van der Waals surface area contributed by atoms with Crippen LogP contribution in [-0.2, 0) is 10.8 Å². The molecule has 8 aromatic rings. The number of benzene rings is 8. The van der Waals surface area contributed by atoms with Gasteiger partial charge in [0.25, 0.3) is 0 Å². The predicted octanol–water partition coefficient (Wildman–Crippen LogP) is 11.6. The zero-order valence-corrected chi connectivity index (χ0v) is 26.5. The van der Waals surface area contributed by atoms with Crippen LogP contribution in [0.25, 0.3) is 33.0 Å². The van der Waals surface area contributed by atoms with Crippen molar-refractivity contribution >= 4 is 10.8 Å². The van der Waals surface area contributed by atoms with E-state index in [0.29, 0.717) is 0 Å². The van der Waals surface area contributed by atoms with Gasteiger partial charge in [-0.15, -0.1) is 0 Å². The SMILES string of the molecule is c1ccc(C2(c3ccccc3)c3ccccc3-c3c2c2c(c4ccccc34)-c3ccccc3C2(c2ccccc2)c2ccccc2)cc1. The normalized spacial score (nSPS) is 14.6. The second-order valence-corrected chi connectivity index (χ2v) is 13.1. The van der Waals surface area contributed by atoms with Crippen LogP contribution in [0.15, 0.2) is 194 Å². The Labute approximate surface area is 281 Å². The molecule has 0 saturated carbocycles. The fourth-order valence-electron chi connectivity index (χ4n) is 9.36. The summed E-state index contributed by atoms with van der Waals surface area (Å²) in [5.41, 5.74) is 14.8. The monoisotopic (exact) mass is 608 g/mol. The van der Waals surface area contributed by atoms with Crippen LogP contribution >= 0.6 is 0 Å². The molecule has 0 unspecified atom stereocenters. The first-order valence-corrected chi connectivity index (χ1v) is 16.9. The van der Waals surface area contributed by atoms with Crippen molar-refractivity contribution in [2.75, 3.05) is 0 Å². The van der Waals surface area contributed by atoms with Gasteiger partial charge in [-0.1, -0.05) is 194 Å². The first-order valence-electron chi connectivity index (χ1n) is 16.9. The average molecular weight is 609 g/mol. The minimum absolute atomic E-state index is 0.556. The van der Waals surface area contributed by atoms with Crippen LogP contribution in [0.2, 0.25) is 0 Å². The summed E-state index contributed by atoms with van der Waals surface area (Å²) in [6, 6.07) is 72.4. The molecule has 0 aromatic heterocycles. The van der Waals surface area contributed by atoms with Crippen molar-refractivity contribution in [2.45, 2.75) is 10.8 Å². The molecule has 224 valence electrons. The fraction of sp³-hybridized carbons (Fsp3) is 0.0417. The minimum Gasteiger partial charge on any atom is -0.0622 e. The van der Waals surface area contributed by atoms with Crippen LogP contribution in [0.5, 0.6) is 0 Å². The van der Waals surface area contributed by atoms with E-state index >= 15 is 0 Å². The summed E-state index contributed by atoms with van der Waals surface area (Å²) >= 11 is 0. The van der Waals surface area contributed by atoms with Gasteiger partial charge in [0.2, 0.25) is 0 Å². The first kappa shape index (κ1) is 27.2. The molecule has 0 heteroatoms. The van der Waals surface area contributed by atoms with Gasteiger partial charge in [0.05, 0.1) is 10.8 Å². The molecule has 0 N–H and O–H groups in total. The minimum atomic E-state index is -0.556. The average Bonchev–Trinajstić information content (AvgIpc) is 3.66. The standard InChI is InChI=1S/C48H32/c1-5-19-33(20-6-1)47(34-21-7-2-8-22-34)41-31-17-15-29-39(41)43-37-27-13-14-28-38(37)44-40-30-16-18-32-42(40)48(46(44)45(43)47,35-23-9-3-10-24-35)36-25-11-4-12-26-36/h1-32H. The third kappa shape index (κ3) is 3.34. The maximum absolute atomic E-state index is 2.38. The fourth-order valence-corrected chi connectivity index (χ4v) is 9.36. The summed E-state index contributed by atoms with van der Waals surface area (Å²) < 4.78 is 0. The van der Waals surface area contributed by atoms with E-state index in [1.165, 1.54) is 77.5 Å². The van der Waals surface area contributed by atoms with E-state index in [1.807, 2.05) is 0 Å². The van der Waals surface area contributed by atoms with Gasteiger partial charge in [0.1, 0.15) is 0 Å². The van der Waals surface area contributed by atoms with E-state index in [4.69, 9.17) is 0 Å². The van der Waals surface area contributed by atoms with Crippen LogP contribution in [0, 0.1) is 0 Å². The molecule has 0 radical (unpaired) electrons. The van der Waals surface area contributed by atoms with Crippen LogP contribution in [0.1, 0.15) is 44.5 Å². The van der Waals surface area contributed by atoms with Gasteiger partial charge < -0.3 is 0 Å². The Morgan fingerprint density at radius 1 is 0.250 bits per heavy atom. The van der Waals surface area contributed by atoms with Crippen molar-refractivity contribution in [3.05, 3.63) is 239 Å². The molecular formula is C48H32. The predicted molar refractivity (Wildman–Crippen MR) is 199 cm³/mol. The maximum Gasteiger partial charge on any atom is 0.0717 e. The lowest BCUT2D eigenvalue weighted by Gasteiger charge is -2.41. The number of fused-ring (bicyclic) bond motifs is 10. The van der Waals surface area contributed by atoms with E-state index in [1.54, 1.807) is 0 Å². The lowest BCUT2D eigenvalue weighted by molar-refractivity contribution is 0.705. The van der Waals surface area contributed by atoms with Gasteiger partial charge in [-0.3, -0.25) is 0 Å². The molecule has 0 heterocycles.